The SMILES string of the molecule is CC(C)CN(C[C@@H](O)[C@H](Cc1ccccc1)NC(=O)[C@@H](C)CS(=O)(=O)N(C)C)S(=O)(=O)c1ccccc1. The number of carbonyl (C=O) groups excluding carboxylic acids is 1. The molecule has 0 aromatic heterocycles. The van der Waals surface area contributed by atoms with Gasteiger partial charge in [-0.25, -0.2) is 21.1 Å². The minimum absolute atomic E-state index is 0.0101. The standard InChI is InChI=1S/C26H39N3O6S2/c1-20(2)17-29(37(34,35)23-14-10-7-11-15-23)18-25(30)24(16-22-12-8-6-9-13-22)27-26(31)21(3)19-36(32,33)28(4)5/h6-15,20-21,24-25,30H,16-19H2,1-5H3,(H,27,31)/t21-,24-,25+/m0/s1. The van der Waals surface area contributed by atoms with E-state index in [2.05, 4.69) is 5.32 Å². The van der Waals surface area contributed by atoms with Crippen LogP contribution in [0.25, 0.3) is 0 Å². The second-order valence-electron chi connectivity index (χ2n) is 9.86. The lowest BCUT2D eigenvalue weighted by Gasteiger charge is -2.31. The molecule has 0 saturated carbocycles. The summed E-state index contributed by atoms with van der Waals surface area (Å²) in [5.74, 6) is -1.81. The Labute approximate surface area is 221 Å². The van der Waals surface area contributed by atoms with E-state index < -0.39 is 44.0 Å². The van der Waals surface area contributed by atoms with Gasteiger partial charge in [-0.2, -0.15) is 4.31 Å². The molecule has 3 atom stereocenters. The fourth-order valence-electron chi connectivity index (χ4n) is 3.77. The normalized spacial score (nSPS) is 15.1. The molecule has 9 nitrogen and oxygen atoms in total. The van der Waals surface area contributed by atoms with E-state index in [1.165, 1.54) is 37.5 Å². The van der Waals surface area contributed by atoms with E-state index in [1.807, 2.05) is 44.2 Å². The number of nitrogens with zero attached hydrogens (tertiary/aromatic N) is 2. The number of aliphatic hydroxyl groups is 1. The molecule has 0 spiro atoms. The van der Waals surface area contributed by atoms with Crippen molar-refractivity contribution in [2.75, 3.05) is 32.9 Å². The first-order valence-electron chi connectivity index (χ1n) is 12.2. The molecule has 0 unspecified atom stereocenters. The van der Waals surface area contributed by atoms with Crippen LogP contribution in [0.2, 0.25) is 0 Å². The second-order valence-corrected chi connectivity index (χ2v) is 14.0. The summed E-state index contributed by atoms with van der Waals surface area (Å²) in [6, 6.07) is 16.4. The fourth-order valence-corrected chi connectivity index (χ4v) is 6.50. The Morgan fingerprint density at radius 1 is 0.892 bits per heavy atom. The van der Waals surface area contributed by atoms with Crippen molar-refractivity contribution in [2.24, 2.45) is 11.8 Å². The number of rotatable bonds is 14. The number of carbonyl (C=O) groups is 1. The number of nitrogens with one attached hydrogen (secondary N) is 1. The molecule has 2 aromatic rings. The van der Waals surface area contributed by atoms with Crippen LogP contribution in [0.1, 0.15) is 26.3 Å². The maximum Gasteiger partial charge on any atom is 0.243 e. The Bertz CT molecular complexity index is 1200. The second kappa shape index (κ2) is 13.5. The molecule has 2 N–H and O–H groups in total. The first-order chi connectivity index (χ1) is 17.2. The molecule has 1 amide bonds. The fraction of sp³-hybridized carbons (Fsp3) is 0.500. The molecule has 0 fully saturated rings. The van der Waals surface area contributed by atoms with Crippen LogP contribution in [-0.4, -0.2) is 81.5 Å². The third kappa shape index (κ3) is 9.19. The van der Waals surface area contributed by atoms with Crippen molar-refractivity contribution in [3.8, 4) is 0 Å². The van der Waals surface area contributed by atoms with E-state index in [9.17, 15) is 26.7 Å². The lowest BCUT2D eigenvalue weighted by Crippen LogP contribution is -2.52. The molecule has 2 rings (SSSR count). The van der Waals surface area contributed by atoms with Crippen LogP contribution >= 0.6 is 0 Å². The van der Waals surface area contributed by atoms with Gasteiger partial charge in [-0.1, -0.05) is 69.3 Å². The molecule has 0 heterocycles. The molecule has 37 heavy (non-hydrogen) atoms. The van der Waals surface area contributed by atoms with Crippen LogP contribution in [0, 0.1) is 11.8 Å². The van der Waals surface area contributed by atoms with Crippen LogP contribution in [0.5, 0.6) is 0 Å². The summed E-state index contributed by atoms with van der Waals surface area (Å²) in [6.45, 7) is 5.22. The van der Waals surface area contributed by atoms with Crippen molar-refractivity contribution in [1.29, 1.82) is 0 Å². The molecule has 0 radical (unpaired) electrons. The largest absolute Gasteiger partial charge is 0.390 e. The van der Waals surface area contributed by atoms with Gasteiger partial charge in [0, 0.05) is 27.2 Å². The van der Waals surface area contributed by atoms with E-state index in [0.717, 1.165) is 9.87 Å². The van der Waals surface area contributed by atoms with Gasteiger partial charge >= 0.3 is 0 Å². The van der Waals surface area contributed by atoms with Gasteiger partial charge in [-0.3, -0.25) is 4.79 Å². The quantitative estimate of drug-likeness (QED) is 0.369. The first kappa shape index (κ1) is 30.9. The average Bonchev–Trinajstić information content (AvgIpc) is 2.83. The van der Waals surface area contributed by atoms with Crippen LogP contribution in [0.15, 0.2) is 65.6 Å². The zero-order valence-corrected chi connectivity index (χ0v) is 23.7. The highest BCUT2D eigenvalue weighted by Crippen LogP contribution is 2.19. The van der Waals surface area contributed by atoms with Crippen molar-refractivity contribution in [3.05, 3.63) is 66.2 Å². The highest BCUT2D eigenvalue weighted by atomic mass is 32.2. The number of sulfonamides is 2. The van der Waals surface area contributed by atoms with Gasteiger partial charge in [0.05, 0.1) is 28.7 Å². The molecule has 0 bridgehead atoms. The molecule has 0 aliphatic heterocycles. The van der Waals surface area contributed by atoms with Crippen LogP contribution in [0.4, 0.5) is 0 Å². The van der Waals surface area contributed by atoms with Gasteiger partial charge in [0.25, 0.3) is 0 Å². The highest BCUT2D eigenvalue weighted by Gasteiger charge is 2.32. The third-order valence-electron chi connectivity index (χ3n) is 5.90. The zero-order chi connectivity index (χ0) is 27.8. The van der Waals surface area contributed by atoms with Crippen LogP contribution < -0.4 is 5.32 Å². The van der Waals surface area contributed by atoms with Crippen molar-refractivity contribution in [2.45, 2.75) is 44.2 Å². The molecule has 11 heteroatoms. The Morgan fingerprint density at radius 2 is 1.43 bits per heavy atom. The summed E-state index contributed by atoms with van der Waals surface area (Å²) in [6.07, 6.45) is -1.01. The Hall–Kier alpha value is -2.31. The summed E-state index contributed by atoms with van der Waals surface area (Å²) in [5, 5.41) is 14.1. The third-order valence-corrected chi connectivity index (χ3v) is 9.78. The summed E-state index contributed by atoms with van der Waals surface area (Å²) >= 11 is 0. The van der Waals surface area contributed by atoms with Gasteiger partial charge in [0.2, 0.25) is 26.0 Å². The molecule has 2 aromatic carbocycles. The summed E-state index contributed by atoms with van der Waals surface area (Å²) in [7, 11) is -4.72. The molecular weight excluding hydrogens is 514 g/mol. The zero-order valence-electron chi connectivity index (χ0n) is 22.1. The molecular formula is C26H39N3O6S2. The van der Waals surface area contributed by atoms with Gasteiger partial charge in [-0.15, -0.1) is 0 Å². The van der Waals surface area contributed by atoms with Crippen LogP contribution in [0.3, 0.4) is 0 Å². The van der Waals surface area contributed by atoms with Gasteiger partial charge < -0.3 is 10.4 Å². The maximum atomic E-state index is 13.4. The van der Waals surface area contributed by atoms with Gasteiger partial charge in [0.1, 0.15) is 0 Å². The summed E-state index contributed by atoms with van der Waals surface area (Å²) < 4.78 is 53.6. The Morgan fingerprint density at radius 3 is 1.95 bits per heavy atom. The van der Waals surface area contributed by atoms with Crippen molar-refractivity contribution < 1.29 is 26.7 Å². The average molecular weight is 554 g/mol. The minimum atomic E-state index is -3.90. The van der Waals surface area contributed by atoms with E-state index in [-0.39, 0.29) is 36.1 Å². The minimum Gasteiger partial charge on any atom is -0.390 e. The molecule has 0 aliphatic rings. The smallest absolute Gasteiger partial charge is 0.243 e. The van der Waals surface area contributed by atoms with Crippen LogP contribution in [-0.2, 0) is 31.3 Å². The van der Waals surface area contributed by atoms with Gasteiger partial charge in [-0.05, 0) is 30.0 Å². The number of benzene rings is 2. The van der Waals surface area contributed by atoms with E-state index in [1.54, 1.807) is 18.2 Å². The monoisotopic (exact) mass is 553 g/mol. The number of amides is 1. The molecule has 0 aliphatic carbocycles. The van der Waals surface area contributed by atoms with Gasteiger partial charge in [0.15, 0.2) is 0 Å². The van der Waals surface area contributed by atoms with E-state index in [4.69, 9.17) is 0 Å². The number of hydrogen-bond acceptors (Lipinski definition) is 6. The lowest BCUT2D eigenvalue weighted by atomic mass is 10.00. The Kier molecular flexibility index (Phi) is 11.3. The van der Waals surface area contributed by atoms with E-state index in [0.29, 0.717) is 0 Å². The summed E-state index contributed by atoms with van der Waals surface area (Å²) in [5.41, 5.74) is 0.835. The number of aliphatic hydroxyl groups excluding tert-OH is 1. The first-order valence-corrected chi connectivity index (χ1v) is 15.3. The lowest BCUT2D eigenvalue weighted by molar-refractivity contribution is -0.125. The topological polar surface area (TPSA) is 124 Å². The highest BCUT2D eigenvalue weighted by molar-refractivity contribution is 7.89. The summed E-state index contributed by atoms with van der Waals surface area (Å²) in [4.78, 5) is 13.1. The van der Waals surface area contributed by atoms with Crippen molar-refractivity contribution in [3.63, 3.8) is 0 Å². The molecule has 206 valence electrons. The van der Waals surface area contributed by atoms with Crippen molar-refractivity contribution >= 4 is 26.0 Å². The maximum absolute atomic E-state index is 13.4. The number of hydrogen-bond donors (Lipinski definition) is 2. The van der Waals surface area contributed by atoms with E-state index >= 15 is 0 Å². The predicted octanol–water partition coefficient (Wildman–Crippen LogP) is 1.95. The van der Waals surface area contributed by atoms with Crippen molar-refractivity contribution in [1.82, 2.24) is 13.9 Å². The Balaban J connectivity index is 2.31. The predicted molar refractivity (Wildman–Crippen MR) is 145 cm³/mol. The molecule has 0 saturated heterocycles.